The van der Waals surface area contributed by atoms with E-state index in [2.05, 4.69) is 33.3 Å². The third-order valence-electron chi connectivity index (χ3n) is 4.59. The molecular weight excluding hydrogens is 438 g/mol. The minimum absolute atomic E-state index is 0.213. The fraction of sp³-hybridized carbons (Fsp3) is 0.438. The molecule has 27 heavy (non-hydrogen) atoms. The maximum Gasteiger partial charge on any atom is 0.404 e. The van der Waals surface area contributed by atoms with Crippen molar-refractivity contribution < 1.29 is 14.5 Å². The summed E-state index contributed by atoms with van der Waals surface area (Å²) in [7, 11) is 0. The van der Waals surface area contributed by atoms with Gasteiger partial charge in [-0.1, -0.05) is 6.92 Å². The molecule has 3 rings (SSSR count). The number of rotatable bonds is 5. The molecule has 0 radical (unpaired) electrons. The highest BCUT2D eigenvalue weighted by Crippen LogP contribution is 2.39. The number of fused-ring (bicyclic) bond motifs is 1. The number of halogens is 1. The summed E-state index contributed by atoms with van der Waals surface area (Å²) in [6.07, 6.45) is 2.59. The van der Waals surface area contributed by atoms with E-state index in [9.17, 15) is 19.7 Å². The van der Waals surface area contributed by atoms with Crippen molar-refractivity contribution in [1.82, 2.24) is 9.78 Å². The van der Waals surface area contributed by atoms with E-state index in [0.717, 1.165) is 29.7 Å². The zero-order valence-corrected chi connectivity index (χ0v) is 17.1. The number of anilines is 1. The van der Waals surface area contributed by atoms with Crippen LogP contribution in [0.5, 0.6) is 0 Å². The first kappa shape index (κ1) is 19.5. The van der Waals surface area contributed by atoms with Crippen LogP contribution in [-0.2, 0) is 24.2 Å². The molecule has 2 amide bonds. The predicted octanol–water partition coefficient (Wildman–Crippen LogP) is 2.79. The molecule has 0 spiro atoms. The summed E-state index contributed by atoms with van der Waals surface area (Å²) in [5.41, 5.74) is 7.31. The van der Waals surface area contributed by atoms with E-state index >= 15 is 0 Å². The number of hydrogen-bond donors (Lipinski definition) is 2. The second-order valence-corrected chi connectivity index (χ2v) is 8.50. The Morgan fingerprint density at radius 3 is 2.81 bits per heavy atom. The number of nitro groups is 1. The Morgan fingerprint density at radius 1 is 1.52 bits per heavy atom. The lowest BCUT2D eigenvalue weighted by atomic mass is 9.88. The summed E-state index contributed by atoms with van der Waals surface area (Å²) in [5.74, 6) is -0.827. The quantitative estimate of drug-likeness (QED) is 0.527. The number of nitrogens with two attached hydrogens (primary N) is 1. The number of primary amides is 1. The number of hydrogen-bond acceptors (Lipinski definition) is 6. The molecule has 0 aromatic carbocycles. The fourth-order valence-electron chi connectivity index (χ4n) is 3.18. The zero-order valence-electron chi connectivity index (χ0n) is 14.7. The Kier molecular flexibility index (Phi) is 5.33. The third-order valence-corrected chi connectivity index (χ3v) is 6.69. The number of nitrogens with one attached hydrogen (secondary N) is 1. The maximum atomic E-state index is 12.5. The number of amides is 2. The molecule has 0 aliphatic heterocycles. The van der Waals surface area contributed by atoms with E-state index in [1.165, 1.54) is 16.0 Å². The Labute approximate surface area is 167 Å². The normalized spacial score (nSPS) is 16.0. The highest BCUT2D eigenvalue weighted by Gasteiger charge is 2.28. The van der Waals surface area contributed by atoms with Gasteiger partial charge in [0.05, 0.1) is 16.4 Å². The van der Waals surface area contributed by atoms with Gasteiger partial charge in [0, 0.05) is 4.88 Å². The van der Waals surface area contributed by atoms with Crippen molar-refractivity contribution in [2.24, 2.45) is 11.7 Å². The first-order chi connectivity index (χ1) is 12.7. The SMILES string of the molecule is Cc1c(Br)c([N+](=O)[O-])nn1CC(=O)Nc1sc2c(c1C(N)=O)CCC(C)C2. The summed E-state index contributed by atoms with van der Waals surface area (Å²) >= 11 is 4.49. The van der Waals surface area contributed by atoms with Crippen LogP contribution in [0.15, 0.2) is 4.47 Å². The van der Waals surface area contributed by atoms with Crippen LogP contribution >= 0.6 is 27.3 Å². The lowest BCUT2D eigenvalue weighted by Crippen LogP contribution is -2.22. The Bertz CT molecular complexity index is 951. The summed E-state index contributed by atoms with van der Waals surface area (Å²) in [6, 6.07) is 0. The first-order valence-electron chi connectivity index (χ1n) is 8.30. The molecule has 2 heterocycles. The number of carbonyl (C=O) groups excluding carboxylic acids is 2. The lowest BCUT2D eigenvalue weighted by Gasteiger charge is -2.18. The van der Waals surface area contributed by atoms with E-state index in [0.29, 0.717) is 22.2 Å². The summed E-state index contributed by atoms with van der Waals surface area (Å²) in [5, 5.41) is 18.0. The van der Waals surface area contributed by atoms with Gasteiger partial charge in [-0.25, -0.2) is 0 Å². The molecule has 2 aromatic rings. The first-order valence-corrected chi connectivity index (χ1v) is 9.91. The second kappa shape index (κ2) is 7.39. The summed E-state index contributed by atoms with van der Waals surface area (Å²) < 4.78 is 1.48. The molecular formula is C16H18BrN5O4S. The number of thiophene rings is 1. The van der Waals surface area contributed by atoms with Crippen molar-refractivity contribution in [3.63, 3.8) is 0 Å². The fourth-order valence-corrected chi connectivity index (χ4v) is 5.04. The molecule has 1 atom stereocenters. The molecule has 11 heteroatoms. The van der Waals surface area contributed by atoms with Gasteiger partial charge >= 0.3 is 5.82 Å². The van der Waals surface area contributed by atoms with Gasteiger partial charge in [-0.3, -0.25) is 9.59 Å². The van der Waals surface area contributed by atoms with E-state index in [1.807, 2.05) is 0 Å². The van der Waals surface area contributed by atoms with Crippen molar-refractivity contribution in [3.8, 4) is 0 Å². The smallest absolute Gasteiger partial charge is 0.365 e. The number of carbonyl (C=O) groups is 2. The van der Waals surface area contributed by atoms with Crippen LogP contribution in [0.1, 0.15) is 39.8 Å². The Hall–Kier alpha value is -2.27. The van der Waals surface area contributed by atoms with Crippen LogP contribution in [-0.4, -0.2) is 26.5 Å². The minimum Gasteiger partial charge on any atom is -0.365 e. The molecule has 0 saturated carbocycles. The van der Waals surface area contributed by atoms with Gasteiger partial charge in [0.25, 0.3) is 5.91 Å². The molecule has 1 aliphatic rings. The van der Waals surface area contributed by atoms with Gasteiger partial charge in [0.2, 0.25) is 5.91 Å². The standard InChI is InChI=1S/C16H18BrN5O4S/c1-7-3-4-9-10(5-7)27-16(12(9)14(18)24)19-11(23)6-21-8(2)13(17)15(20-21)22(25)26/h7H,3-6H2,1-2H3,(H2,18,24)(H,19,23). The summed E-state index contributed by atoms with van der Waals surface area (Å²) in [4.78, 5) is 35.8. The monoisotopic (exact) mass is 455 g/mol. The van der Waals surface area contributed by atoms with E-state index in [4.69, 9.17) is 5.73 Å². The Balaban J connectivity index is 1.84. The van der Waals surface area contributed by atoms with E-state index in [-0.39, 0.29) is 16.8 Å². The lowest BCUT2D eigenvalue weighted by molar-refractivity contribution is -0.390. The summed E-state index contributed by atoms with van der Waals surface area (Å²) in [6.45, 7) is 3.56. The van der Waals surface area contributed by atoms with Gasteiger partial charge in [0.15, 0.2) is 0 Å². The Morgan fingerprint density at radius 2 is 2.22 bits per heavy atom. The highest BCUT2D eigenvalue weighted by atomic mass is 79.9. The van der Waals surface area contributed by atoms with Crippen molar-refractivity contribution in [2.75, 3.05) is 5.32 Å². The molecule has 1 unspecified atom stereocenters. The van der Waals surface area contributed by atoms with Gasteiger partial charge in [-0.2, -0.15) is 4.68 Å². The van der Waals surface area contributed by atoms with Crippen LogP contribution in [0, 0.1) is 23.0 Å². The van der Waals surface area contributed by atoms with Gasteiger partial charge < -0.3 is 21.2 Å². The molecule has 0 bridgehead atoms. The molecule has 0 saturated heterocycles. The van der Waals surface area contributed by atoms with Crippen LogP contribution in [0.25, 0.3) is 0 Å². The molecule has 2 aromatic heterocycles. The third kappa shape index (κ3) is 3.74. The highest BCUT2D eigenvalue weighted by molar-refractivity contribution is 9.10. The maximum absolute atomic E-state index is 12.5. The van der Waals surface area contributed by atoms with Gasteiger partial charge in [-0.05, 0) is 58.5 Å². The van der Waals surface area contributed by atoms with E-state index in [1.54, 1.807) is 6.92 Å². The zero-order chi connectivity index (χ0) is 19.9. The number of aromatic nitrogens is 2. The van der Waals surface area contributed by atoms with E-state index < -0.39 is 16.7 Å². The van der Waals surface area contributed by atoms with Crippen molar-refractivity contribution in [3.05, 3.63) is 36.3 Å². The molecule has 144 valence electrons. The van der Waals surface area contributed by atoms with Crippen LogP contribution in [0.4, 0.5) is 10.8 Å². The predicted molar refractivity (Wildman–Crippen MR) is 104 cm³/mol. The van der Waals surface area contributed by atoms with Crippen molar-refractivity contribution in [2.45, 2.75) is 39.7 Å². The van der Waals surface area contributed by atoms with Gasteiger partial charge in [-0.15, -0.1) is 11.3 Å². The molecule has 0 fully saturated rings. The molecule has 9 nitrogen and oxygen atoms in total. The van der Waals surface area contributed by atoms with Crippen molar-refractivity contribution >= 4 is 49.9 Å². The second-order valence-electron chi connectivity index (χ2n) is 6.61. The van der Waals surface area contributed by atoms with Crippen molar-refractivity contribution in [1.29, 1.82) is 0 Å². The average Bonchev–Trinajstić information content (AvgIpc) is 3.06. The molecule has 1 aliphatic carbocycles. The van der Waals surface area contributed by atoms with Crippen LogP contribution in [0.2, 0.25) is 0 Å². The average molecular weight is 456 g/mol. The van der Waals surface area contributed by atoms with Crippen LogP contribution in [0.3, 0.4) is 0 Å². The van der Waals surface area contributed by atoms with Gasteiger partial charge in [0.1, 0.15) is 16.0 Å². The number of nitrogens with zero attached hydrogens (tertiary/aromatic N) is 3. The van der Waals surface area contributed by atoms with Crippen LogP contribution < -0.4 is 11.1 Å². The minimum atomic E-state index is -0.620. The largest absolute Gasteiger partial charge is 0.404 e. The topological polar surface area (TPSA) is 133 Å². The molecule has 3 N–H and O–H groups in total.